The van der Waals surface area contributed by atoms with E-state index in [4.69, 9.17) is 0 Å². The zero-order valence-corrected chi connectivity index (χ0v) is 15.9. The molecule has 3 rings (SSSR count). The second kappa shape index (κ2) is 8.40. The highest BCUT2D eigenvalue weighted by molar-refractivity contribution is 7.99. The predicted molar refractivity (Wildman–Crippen MR) is 102 cm³/mol. The maximum atomic E-state index is 11.0. The summed E-state index contributed by atoms with van der Waals surface area (Å²) in [6.07, 6.45) is 5.06. The number of fused-ring (bicyclic) bond motifs is 1. The summed E-state index contributed by atoms with van der Waals surface area (Å²) in [5.41, 5.74) is 1.99. The van der Waals surface area contributed by atoms with Crippen molar-refractivity contribution in [3.8, 4) is 0 Å². The Morgan fingerprint density at radius 2 is 1.96 bits per heavy atom. The number of nitrogens with one attached hydrogen (secondary N) is 1. The highest BCUT2D eigenvalue weighted by Gasteiger charge is 2.08. The van der Waals surface area contributed by atoms with Crippen LogP contribution >= 0.6 is 23.7 Å². The Balaban J connectivity index is 1.79. The van der Waals surface area contributed by atoms with Crippen molar-refractivity contribution in [3.63, 3.8) is 0 Å². The topological polar surface area (TPSA) is 59.3 Å². The van der Waals surface area contributed by atoms with Crippen molar-refractivity contribution in [1.82, 2.24) is 19.3 Å². The molecule has 130 valence electrons. The normalized spacial score (nSPS) is 11.0. The highest BCUT2D eigenvalue weighted by Crippen LogP contribution is 2.30. The summed E-state index contributed by atoms with van der Waals surface area (Å²) in [5.74, 6) is -0.0547. The number of hydrogen-bond acceptors (Lipinski definition) is 5. The van der Waals surface area contributed by atoms with Crippen LogP contribution in [-0.4, -0.2) is 20.5 Å². The van der Waals surface area contributed by atoms with E-state index < -0.39 is 0 Å². The van der Waals surface area contributed by atoms with Crippen LogP contribution in [0.5, 0.6) is 0 Å². The van der Waals surface area contributed by atoms with Gasteiger partial charge in [-0.2, -0.15) is 5.10 Å². The van der Waals surface area contributed by atoms with Crippen molar-refractivity contribution >= 4 is 35.3 Å². The van der Waals surface area contributed by atoms with Crippen LogP contribution in [0.25, 0.3) is 5.65 Å². The van der Waals surface area contributed by atoms with Crippen LogP contribution in [0.15, 0.2) is 57.4 Å². The Morgan fingerprint density at radius 1 is 1.20 bits per heavy atom. The number of benzene rings is 1. The zero-order valence-electron chi connectivity index (χ0n) is 14.2. The molecule has 0 atom stereocenters. The maximum absolute atomic E-state index is 11.0. The van der Waals surface area contributed by atoms with Gasteiger partial charge in [0.2, 0.25) is 5.91 Å². The van der Waals surface area contributed by atoms with Crippen molar-refractivity contribution in [2.75, 3.05) is 0 Å². The molecule has 0 fully saturated rings. The van der Waals surface area contributed by atoms with E-state index in [9.17, 15) is 4.79 Å². The van der Waals surface area contributed by atoms with E-state index in [1.165, 1.54) is 18.9 Å². The van der Waals surface area contributed by atoms with Crippen molar-refractivity contribution < 1.29 is 4.79 Å². The average Bonchev–Trinajstić information content (AvgIpc) is 3.08. The lowest BCUT2D eigenvalue weighted by molar-refractivity contribution is -0.117. The first-order chi connectivity index (χ1) is 12.2. The minimum atomic E-state index is -0.0547. The van der Waals surface area contributed by atoms with Crippen molar-refractivity contribution in [1.29, 1.82) is 0 Å². The summed E-state index contributed by atoms with van der Waals surface area (Å²) in [6.45, 7) is 3.69. The van der Waals surface area contributed by atoms with Crippen LogP contribution in [0, 0.1) is 0 Å². The van der Waals surface area contributed by atoms with Crippen LogP contribution in [0.2, 0.25) is 0 Å². The molecule has 0 saturated heterocycles. The van der Waals surface area contributed by atoms with Crippen molar-refractivity contribution in [2.24, 2.45) is 0 Å². The second-order valence-corrected chi connectivity index (χ2v) is 7.60. The molecule has 2 heterocycles. The smallest absolute Gasteiger partial charge is 0.226 e. The molecular weight excluding hydrogens is 352 g/mol. The maximum Gasteiger partial charge on any atom is 0.226 e. The Kier molecular flexibility index (Phi) is 5.99. The minimum absolute atomic E-state index is 0.0547. The van der Waals surface area contributed by atoms with Gasteiger partial charge >= 0.3 is 0 Å². The van der Waals surface area contributed by atoms with Gasteiger partial charge < -0.3 is 0 Å². The molecule has 0 bridgehead atoms. The monoisotopic (exact) mass is 372 g/mol. The van der Waals surface area contributed by atoms with E-state index >= 15 is 0 Å². The van der Waals surface area contributed by atoms with E-state index in [2.05, 4.69) is 39.9 Å². The minimum Gasteiger partial charge on any atom is -0.296 e. The third-order valence-corrected chi connectivity index (χ3v) is 5.43. The molecular formula is C18H20N4OS2. The van der Waals surface area contributed by atoms with Crippen LogP contribution < -0.4 is 4.72 Å². The number of amides is 1. The number of nitrogens with zero attached hydrogens (tertiary/aromatic N) is 3. The summed E-state index contributed by atoms with van der Waals surface area (Å²) in [6, 6.07) is 12.2. The number of aromatic nitrogens is 3. The number of unbranched alkanes of at least 4 members (excludes halogenated alkanes) is 1. The van der Waals surface area contributed by atoms with E-state index in [1.54, 1.807) is 18.0 Å². The molecule has 0 unspecified atom stereocenters. The van der Waals surface area contributed by atoms with Gasteiger partial charge in [-0.15, -0.1) is 0 Å². The third-order valence-electron chi connectivity index (χ3n) is 3.52. The molecule has 1 aromatic carbocycles. The fourth-order valence-corrected chi connectivity index (χ4v) is 3.79. The van der Waals surface area contributed by atoms with Gasteiger partial charge in [0.1, 0.15) is 5.03 Å². The Morgan fingerprint density at radius 3 is 2.68 bits per heavy atom. The van der Waals surface area contributed by atoms with Crippen LogP contribution in [0.3, 0.4) is 0 Å². The standard InChI is InChI=1S/C18H20N4OS2/c1-3-4-5-14-12-18(22-17(20-14)10-11-19-22)24-15-6-8-16(9-7-15)25-21-13(2)23/h6-12H,3-5H2,1-2H3,(H,21,23). The predicted octanol–water partition coefficient (Wildman–Crippen LogP) is 4.37. The molecule has 0 saturated carbocycles. The lowest BCUT2D eigenvalue weighted by Gasteiger charge is -2.08. The summed E-state index contributed by atoms with van der Waals surface area (Å²) in [5, 5.41) is 5.44. The molecule has 3 aromatic rings. The fourth-order valence-electron chi connectivity index (χ4n) is 2.32. The molecule has 25 heavy (non-hydrogen) atoms. The fraction of sp³-hybridized carbons (Fsp3) is 0.278. The van der Waals surface area contributed by atoms with Gasteiger partial charge in [0, 0.05) is 28.5 Å². The Labute approximate surface area is 155 Å². The summed E-state index contributed by atoms with van der Waals surface area (Å²) in [4.78, 5) is 17.8. The van der Waals surface area contributed by atoms with E-state index in [0.717, 1.165) is 45.4 Å². The van der Waals surface area contributed by atoms with Gasteiger partial charge in [-0.05, 0) is 55.1 Å². The molecule has 0 aliphatic carbocycles. The SMILES string of the molecule is CCCCc1cc(Sc2ccc(SNC(C)=O)cc2)n2nccc2n1. The van der Waals surface area contributed by atoms with Gasteiger partial charge in [-0.1, -0.05) is 25.1 Å². The first kappa shape index (κ1) is 17.8. The van der Waals surface area contributed by atoms with Crippen molar-refractivity contribution in [3.05, 3.63) is 48.3 Å². The molecule has 0 aliphatic heterocycles. The highest BCUT2D eigenvalue weighted by atomic mass is 32.2. The lowest BCUT2D eigenvalue weighted by atomic mass is 10.2. The van der Waals surface area contributed by atoms with Crippen LogP contribution in [-0.2, 0) is 11.2 Å². The number of aryl methyl sites for hydroxylation is 1. The van der Waals surface area contributed by atoms with Gasteiger partial charge in [-0.3, -0.25) is 9.52 Å². The largest absolute Gasteiger partial charge is 0.296 e. The summed E-state index contributed by atoms with van der Waals surface area (Å²) >= 11 is 2.99. The number of carbonyl (C=O) groups is 1. The van der Waals surface area contributed by atoms with Crippen LogP contribution in [0.4, 0.5) is 0 Å². The van der Waals surface area contributed by atoms with Gasteiger partial charge in [0.05, 0.1) is 6.20 Å². The molecule has 7 heteroatoms. The van der Waals surface area contributed by atoms with Gasteiger partial charge in [0.15, 0.2) is 5.65 Å². The first-order valence-electron chi connectivity index (χ1n) is 8.20. The molecule has 0 aliphatic rings. The quantitative estimate of drug-likeness (QED) is 0.493. The van der Waals surface area contributed by atoms with Crippen molar-refractivity contribution in [2.45, 2.75) is 47.9 Å². The summed E-state index contributed by atoms with van der Waals surface area (Å²) in [7, 11) is 0. The molecule has 0 radical (unpaired) electrons. The molecule has 1 amide bonds. The van der Waals surface area contributed by atoms with E-state index in [-0.39, 0.29) is 5.91 Å². The second-order valence-electron chi connectivity index (χ2n) is 5.62. The van der Waals surface area contributed by atoms with Gasteiger partial charge in [0.25, 0.3) is 0 Å². The summed E-state index contributed by atoms with van der Waals surface area (Å²) < 4.78 is 4.60. The molecule has 0 spiro atoms. The zero-order chi connectivity index (χ0) is 17.6. The third kappa shape index (κ3) is 4.76. The first-order valence-corrected chi connectivity index (χ1v) is 9.84. The number of carbonyl (C=O) groups excluding carboxylic acids is 1. The number of rotatable bonds is 7. The number of hydrogen-bond donors (Lipinski definition) is 1. The van der Waals surface area contributed by atoms with Gasteiger partial charge in [-0.25, -0.2) is 9.50 Å². The van der Waals surface area contributed by atoms with E-state index in [0.29, 0.717) is 0 Å². The molecule has 1 N–H and O–H groups in total. The van der Waals surface area contributed by atoms with E-state index in [1.807, 2.05) is 22.7 Å². The molecule has 5 nitrogen and oxygen atoms in total. The lowest BCUT2D eigenvalue weighted by Crippen LogP contribution is -2.09. The van der Waals surface area contributed by atoms with Crippen LogP contribution in [0.1, 0.15) is 32.4 Å². The molecule has 2 aromatic heterocycles. The Hall–Kier alpha value is -1.99. The Bertz CT molecular complexity index is 861. The average molecular weight is 373 g/mol.